The van der Waals surface area contributed by atoms with Gasteiger partial charge in [0.15, 0.2) is 0 Å². The van der Waals surface area contributed by atoms with Gasteiger partial charge in [0.2, 0.25) is 0 Å². The first kappa shape index (κ1) is 20.5. The summed E-state index contributed by atoms with van der Waals surface area (Å²) in [7, 11) is 0. The van der Waals surface area contributed by atoms with Gasteiger partial charge in [-0.25, -0.2) is 9.07 Å². The minimum Gasteiger partial charge on any atom is -0.348 e. The zero-order valence-electron chi connectivity index (χ0n) is 17.4. The number of benzene rings is 3. The number of carbonyl (C=O) groups is 1. The van der Waals surface area contributed by atoms with Crippen molar-refractivity contribution in [3.8, 4) is 16.9 Å². The van der Waals surface area contributed by atoms with Crippen LogP contribution < -0.4 is 5.32 Å². The Bertz CT molecular complexity index is 1150. The van der Waals surface area contributed by atoms with Gasteiger partial charge < -0.3 is 5.32 Å². The highest BCUT2D eigenvalue weighted by atomic mass is 19.1. The number of hydrogen-bond donors (Lipinski definition) is 1. The fourth-order valence-electron chi connectivity index (χ4n) is 3.61. The van der Waals surface area contributed by atoms with Crippen LogP contribution in [0.4, 0.5) is 4.39 Å². The van der Waals surface area contributed by atoms with E-state index in [9.17, 15) is 9.18 Å². The van der Waals surface area contributed by atoms with Crippen molar-refractivity contribution in [3.05, 3.63) is 108 Å². The average Bonchev–Trinajstić information content (AvgIpc) is 3.19. The Kier molecular flexibility index (Phi) is 6.22. The lowest BCUT2D eigenvalue weighted by Crippen LogP contribution is -2.24. The van der Waals surface area contributed by atoms with Gasteiger partial charge in [0, 0.05) is 12.1 Å². The SMILES string of the molecule is CCCc1c(C(=O)NCc2ccc(F)cc2)c(-c2ccccc2)nn1-c1ccccc1. The van der Waals surface area contributed by atoms with Crippen LogP contribution in [0.3, 0.4) is 0 Å². The van der Waals surface area contributed by atoms with E-state index in [-0.39, 0.29) is 11.7 Å². The van der Waals surface area contributed by atoms with Crippen molar-refractivity contribution in [2.24, 2.45) is 0 Å². The summed E-state index contributed by atoms with van der Waals surface area (Å²) in [5.41, 5.74) is 4.76. The Morgan fingerprint density at radius 3 is 2.23 bits per heavy atom. The van der Waals surface area contributed by atoms with Gasteiger partial charge in [0.1, 0.15) is 11.5 Å². The van der Waals surface area contributed by atoms with Crippen LogP contribution in [-0.2, 0) is 13.0 Å². The summed E-state index contributed by atoms with van der Waals surface area (Å²) in [6, 6.07) is 25.7. The monoisotopic (exact) mass is 413 g/mol. The second-order valence-corrected chi connectivity index (χ2v) is 7.34. The smallest absolute Gasteiger partial charge is 0.255 e. The highest BCUT2D eigenvalue weighted by Gasteiger charge is 2.24. The molecule has 4 nitrogen and oxygen atoms in total. The highest BCUT2D eigenvalue weighted by molar-refractivity contribution is 6.01. The Morgan fingerprint density at radius 1 is 0.935 bits per heavy atom. The van der Waals surface area contributed by atoms with E-state index in [0.717, 1.165) is 28.9 Å². The van der Waals surface area contributed by atoms with Gasteiger partial charge in [0.25, 0.3) is 5.91 Å². The van der Waals surface area contributed by atoms with Gasteiger partial charge in [-0.05, 0) is 36.2 Å². The van der Waals surface area contributed by atoms with E-state index in [1.165, 1.54) is 12.1 Å². The van der Waals surface area contributed by atoms with E-state index in [1.54, 1.807) is 12.1 Å². The Morgan fingerprint density at radius 2 is 1.58 bits per heavy atom. The summed E-state index contributed by atoms with van der Waals surface area (Å²) in [5.74, 6) is -0.482. The molecule has 3 aromatic carbocycles. The topological polar surface area (TPSA) is 46.9 Å². The maximum atomic E-state index is 13.4. The van der Waals surface area contributed by atoms with E-state index in [0.29, 0.717) is 24.2 Å². The van der Waals surface area contributed by atoms with Crippen LogP contribution in [0.15, 0.2) is 84.9 Å². The number of para-hydroxylation sites is 1. The van der Waals surface area contributed by atoms with Crippen molar-refractivity contribution in [2.45, 2.75) is 26.3 Å². The predicted octanol–water partition coefficient (Wildman–Crippen LogP) is 5.56. The molecule has 1 N–H and O–H groups in total. The van der Waals surface area contributed by atoms with E-state index in [1.807, 2.05) is 65.3 Å². The number of nitrogens with zero attached hydrogens (tertiary/aromatic N) is 2. The first-order valence-corrected chi connectivity index (χ1v) is 10.4. The number of halogens is 1. The molecule has 156 valence electrons. The number of amides is 1. The summed E-state index contributed by atoms with van der Waals surface area (Å²) in [5, 5.41) is 7.86. The highest BCUT2D eigenvalue weighted by Crippen LogP contribution is 2.28. The molecule has 0 atom stereocenters. The molecule has 4 rings (SSSR count). The zero-order valence-corrected chi connectivity index (χ0v) is 17.4. The van der Waals surface area contributed by atoms with Gasteiger partial charge in [-0.15, -0.1) is 0 Å². The number of aromatic nitrogens is 2. The van der Waals surface area contributed by atoms with Gasteiger partial charge in [0.05, 0.1) is 16.9 Å². The average molecular weight is 413 g/mol. The van der Waals surface area contributed by atoms with Crippen molar-refractivity contribution < 1.29 is 9.18 Å². The van der Waals surface area contributed by atoms with E-state index >= 15 is 0 Å². The standard InChI is InChI=1S/C26H24FN3O/c1-2-9-23-24(26(31)28-18-19-14-16-21(27)17-15-19)25(20-10-5-3-6-11-20)29-30(23)22-12-7-4-8-13-22/h3-8,10-17H,2,9,18H2,1H3,(H,28,31). The molecule has 0 aliphatic heterocycles. The molecule has 1 heterocycles. The molecular formula is C26H24FN3O. The summed E-state index contributed by atoms with van der Waals surface area (Å²) >= 11 is 0. The van der Waals surface area contributed by atoms with E-state index < -0.39 is 0 Å². The van der Waals surface area contributed by atoms with Gasteiger partial charge in [-0.2, -0.15) is 5.10 Å². The number of rotatable bonds is 7. The Hall–Kier alpha value is -3.73. The summed E-state index contributed by atoms with van der Waals surface area (Å²) in [6.07, 6.45) is 1.60. The third-order valence-electron chi connectivity index (χ3n) is 5.11. The fourth-order valence-corrected chi connectivity index (χ4v) is 3.61. The molecule has 4 aromatic rings. The molecule has 0 radical (unpaired) electrons. The van der Waals surface area contributed by atoms with Crippen LogP contribution in [0.2, 0.25) is 0 Å². The Balaban J connectivity index is 1.77. The van der Waals surface area contributed by atoms with Crippen molar-refractivity contribution in [3.63, 3.8) is 0 Å². The molecule has 1 amide bonds. The maximum absolute atomic E-state index is 13.4. The maximum Gasteiger partial charge on any atom is 0.255 e. The molecule has 31 heavy (non-hydrogen) atoms. The third kappa shape index (κ3) is 4.56. The molecule has 0 unspecified atom stereocenters. The number of carbonyl (C=O) groups excluding carboxylic acids is 1. The zero-order chi connectivity index (χ0) is 21.6. The molecular weight excluding hydrogens is 389 g/mol. The molecule has 0 bridgehead atoms. The first-order valence-electron chi connectivity index (χ1n) is 10.4. The molecule has 0 saturated carbocycles. The van der Waals surface area contributed by atoms with E-state index in [2.05, 4.69) is 12.2 Å². The van der Waals surface area contributed by atoms with Crippen LogP contribution in [0.1, 0.15) is 35.0 Å². The summed E-state index contributed by atoms with van der Waals surface area (Å²) in [4.78, 5) is 13.4. The molecule has 1 aromatic heterocycles. The van der Waals surface area contributed by atoms with Crippen molar-refractivity contribution in [2.75, 3.05) is 0 Å². The Labute approximate surface area is 181 Å². The lowest BCUT2D eigenvalue weighted by molar-refractivity contribution is 0.0950. The quantitative estimate of drug-likeness (QED) is 0.431. The lowest BCUT2D eigenvalue weighted by Gasteiger charge is -2.10. The third-order valence-corrected chi connectivity index (χ3v) is 5.11. The van der Waals surface area contributed by atoms with Crippen molar-refractivity contribution >= 4 is 5.91 Å². The lowest BCUT2D eigenvalue weighted by atomic mass is 10.0. The van der Waals surface area contributed by atoms with Crippen LogP contribution in [0.25, 0.3) is 16.9 Å². The van der Waals surface area contributed by atoms with Crippen LogP contribution in [-0.4, -0.2) is 15.7 Å². The van der Waals surface area contributed by atoms with Crippen LogP contribution >= 0.6 is 0 Å². The molecule has 0 spiro atoms. The number of hydrogen-bond acceptors (Lipinski definition) is 2. The van der Waals surface area contributed by atoms with Gasteiger partial charge in [-0.3, -0.25) is 4.79 Å². The van der Waals surface area contributed by atoms with Crippen molar-refractivity contribution in [1.82, 2.24) is 15.1 Å². The van der Waals surface area contributed by atoms with Gasteiger partial charge in [-0.1, -0.05) is 74.0 Å². The summed E-state index contributed by atoms with van der Waals surface area (Å²) < 4.78 is 15.1. The van der Waals surface area contributed by atoms with Crippen molar-refractivity contribution in [1.29, 1.82) is 0 Å². The van der Waals surface area contributed by atoms with Gasteiger partial charge >= 0.3 is 0 Å². The first-order chi connectivity index (χ1) is 15.2. The minimum absolute atomic E-state index is 0.186. The second kappa shape index (κ2) is 9.39. The van der Waals surface area contributed by atoms with Crippen LogP contribution in [0.5, 0.6) is 0 Å². The molecule has 0 aliphatic carbocycles. The normalized spacial score (nSPS) is 10.8. The molecule has 5 heteroatoms. The van der Waals surface area contributed by atoms with E-state index in [4.69, 9.17) is 5.10 Å². The van der Waals surface area contributed by atoms with Crippen LogP contribution in [0, 0.1) is 5.82 Å². The second-order valence-electron chi connectivity index (χ2n) is 7.34. The predicted molar refractivity (Wildman–Crippen MR) is 121 cm³/mol. The largest absolute Gasteiger partial charge is 0.348 e. The molecule has 0 fully saturated rings. The number of nitrogens with one attached hydrogen (secondary N) is 1. The molecule has 0 saturated heterocycles. The minimum atomic E-state index is -0.296. The molecule has 0 aliphatic rings. The fraction of sp³-hybridized carbons (Fsp3) is 0.154. The summed E-state index contributed by atoms with van der Waals surface area (Å²) in [6.45, 7) is 2.40.